The second-order valence-corrected chi connectivity index (χ2v) is 8.55. The standard InChI is InChI=1S/C29H26N2O9/c1-14-7-12-18-17(13-14)23-20(22(27(33)38-4)24(30-18)28(34)39-5)19(15-8-10-16(36-2)11-9-15)21(26(32)37-3)25(31-23)29(35)40-6/h7-13,30H,1-6H3. The fourth-order valence-electron chi connectivity index (χ4n) is 4.46. The predicted molar refractivity (Wildman–Crippen MR) is 144 cm³/mol. The number of hydrogen-bond acceptors (Lipinski definition) is 11. The number of rotatable bonds is 6. The summed E-state index contributed by atoms with van der Waals surface area (Å²) in [5.74, 6) is -3.12. The Morgan fingerprint density at radius 2 is 1.35 bits per heavy atom. The smallest absolute Gasteiger partial charge is 0.357 e. The van der Waals surface area contributed by atoms with Crippen LogP contribution in [-0.2, 0) is 28.5 Å². The first-order valence-electron chi connectivity index (χ1n) is 11.9. The number of anilines is 1. The first-order valence-corrected chi connectivity index (χ1v) is 11.9. The summed E-state index contributed by atoms with van der Waals surface area (Å²) in [6, 6.07) is 11.8. The normalized spacial score (nSPS) is 11.8. The Morgan fingerprint density at radius 3 is 1.93 bits per heavy atom. The van der Waals surface area contributed by atoms with E-state index in [0.29, 0.717) is 22.6 Å². The van der Waals surface area contributed by atoms with Crippen molar-refractivity contribution in [3.63, 3.8) is 0 Å². The first-order chi connectivity index (χ1) is 19.2. The summed E-state index contributed by atoms with van der Waals surface area (Å²) in [6.45, 7) is 1.84. The number of pyridine rings is 1. The van der Waals surface area contributed by atoms with Gasteiger partial charge in [-0.3, -0.25) is 0 Å². The maximum Gasteiger partial charge on any atom is 0.357 e. The summed E-state index contributed by atoms with van der Waals surface area (Å²) >= 11 is 0. The average Bonchev–Trinajstić information content (AvgIpc) is 3.12. The highest BCUT2D eigenvalue weighted by molar-refractivity contribution is 6.28. The minimum Gasteiger partial charge on any atom is -0.497 e. The van der Waals surface area contributed by atoms with E-state index in [1.807, 2.05) is 6.92 Å². The van der Waals surface area contributed by atoms with Gasteiger partial charge in [0.1, 0.15) is 22.6 Å². The molecule has 1 aliphatic heterocycles. The predicted octanol–water partition coefficient (Wildman–Crippen LogP) is 3.79. The van der Waals surface area contributed by atoms with Crippen LogP contribution in [0.4, 0.5) is 5.69 Å². The quantitative estimate of drug-likeness (QED) is 0.357. The van der Waals surface area contributed by atoms with Crippen LogP contribution < -0.4 is 10.1 Å². The molecule has 1 N–H and O–H groups in total. The lowest BCUT2D eigenvalue weighted by Crippen LogP contribution is -2.21. The van der Waals surface area contributed by atoms with Gasteiger partial charge in [-0.05, 0) is 36.8 Å². The van der Waals surface area contributed by atoms with Crippen molar-refractivity contribution in [1.29, 1.82) is 0 Å². The Morgan fingerprint density at radius 1 is 0.725 bits per heavy atom. The molecule has 206 valence electrons. The molecule has 0 aliphatic carbocycles. The molecule has 1 aliphatic rings. The molecule has 2 heterocycles. The van der Waals surface area contributed by atoms with Crippen LogP contribution in [0.15, 0.2) is 48.2 Å². The minimum absolute atomic E-state index is 0.0438. The third-order valence-electron chi connectivity index (χ3n) is 6.31. The molecule has 0 amide bonds. The molecule has 11 nitrogen and oxygen atoms in total. The van der Waals surface area contributed by atoms with Crippen molar-refractivity contribution in [3.05, 3.63) is 70.5 Å². The summed E-state index contributed by atoms with van der Waals surface area (Å²) < 4.78 is 25.4. The van der Waals surface area contributed by atoms with E-state index in [1.54, 1.807) is 42.5 Å². The lowest BCUT2D eigenvalue weighted by molar-refractivity contribution is -0.137. The monoisotopic (exact) mass is 546 g/mol. The molecule has 0 bridgehead atoms. The number of carbonyl (C=O) groups is 4. The average molecular weight is 547 g/mol. The van der Waals surface area contributed by atoms with Crippen LogP contribution in [0.25, 0.3) is 28.0 Å². The van der Waals surface area contributed by atoms with E-state index in [9.17, 15) is 19.2 Å². The zero-order valence-electron chi connectivity index (χ0n) is 22.7. The number of esters is 4. The zero-order valence-corrected chi connectivity index (χ0v) is 22.7. The Hall–Kier alpha value is -5.19. The highest BCUT2D eigenvalue weighted by Gasteiger charge is 2.38. The molecule has 11 heteroatoms. The summed E-state index contributed by atoms with van der Waals surface area (Å²) in [5.41, 5.74) is 1.12. The third-order valence-corrected chi connectivity index (χ3v) is 6.31. The summed E-state index contributed by atoms with van der Waals surface area (Å²) in [4.78, 5) is 57.5. The van der Waals surface area contributed by atoms with Gasteiger partial charge in [-0.2, -0.15) is 0 Å². The largest absolute Gasteiger partial charge is 0.497 e. The van der Waals surface area contributed by atoms with E-state index in [1.165, 1.54) is 7.11 Å². The molecule has 0 saturated carbocycles. The van der Waals surface area contributed by atoms with Gasteiger partial charge in [-0.15, -0.1) is 0 Å². The molecule has 0 radical (unpaired) electrons. The number of nitrogens with one attached hydrogen (secondary N) is 1. The molecule has 3 aromatic rings. The lowest BCUT2D eigenvalue weighted by atomic mass is 9.86. The number of fused-ring (bicyclic) bond motifs is 3. The van der Waals surface area contributed by atoms with Gasteiger partial charge in [0.05, 0.1) is 41.2 Å². The first kappa shape index (κ1) is 27.8. The van der Waals surface area contributed by atoms with Gasteiger partial charge in [-0.25, -0.2) is 24.2 Å². The molecular formula is C29H26N2O9. The van der Waals surface area contributed by atoms with Crippen LogP contribution in [0, 0.1) is 6.92 Å². The molecule has 40 heavy (non-hydrogen) atoms. The third kappa shape index (κ3) is 4.73. The van der Waals surface area contributed by atoms with Crippen LogP contribution in [-0.4, -0.2) is 64.4 Å². The van der Waals surface area contributed by atoms with Crippen LogP contribution >= 0.6 is 0 Å². The van der Waals surface area contributed by atoms with E-state index in [2.05, 4.69) is 10.3 Å². The number of aryl methyl sites for hydroxylation is 1. The highest BCUT2D eigenvalue weighted by atomic mass is 16.5. The van der Waals surface area contributed by atoms with Crippen molar-refractivity contribution in [2.45, 2.75) is 6.92 Å². The fraction of sp³-hybridized carbons (Fsp3) is 0.207. The second kappa shape index (κ2) is 11.3. The summed E-state index contributed by atoms with van der Waals surface area (Å²) in [6.07, 6.45) is 0. The van der Waals surface area contributed by atoms with E-state index in [-0.39, 0.29) is 39.3 Å². The Bertz CT molecular complexity index is 1570. The van der Waals surface area contributed by atoms with Crippen LogP contribution in [0.5, 0.6) is 5.75 Å². The Balaban J connectivity index is 2.36. The Kier molecular flexibility index (Phi) is 7.85. The van der Waals surface area contributed by atoms with E-state index in [4.69, 9.17) is 23.7 Å². The van der Waals surface area contributed by atoms with E-state index >= 15 is 0 Å². The Labute approximate surface area is 229 Å². The van der Waals surface area contributed by atoms with Crippen LogP contribution in [0.3, 0.4) is 0 Å². The molecular weight excluding hydrogens is 520 g/mol. The van der Waals surface area contributed by atoms with Gasteiger partial charge in [0, 0.05) is 22.4 Å². The molecule has 1 aromatic heterocycles. The summed E-state index contributed by atoms with van der Waals surface area (Å²) in [7, 11) is 6.10. The van der Waals surface area contributed by atoms with Gasteiger partial charge < -0.3 is 29.0 Å². The molecule has 0 saturated heterocycles. The van der Waals surface area contributed by atoms with Crippen molar-refractivity contribution < 1.29 is 42.9 Å². The number of nitrogens with zero attached hydrogens (tertiary/aromatic N) is 1. The van der Waals surface area contributed by atoms with E-state index < -0.39 is 23.9 Å². The van der Waals surface area contributed by atoms with Crippen LogP contribution in [0.2, 0.25) is 0 Å². The number of aromatic nitrogens is 1. The van der Waals surface area contributed by atoms with Crippen molar-refractivity contribution in [2.24, 2.45) is 0 Å². The van der Waals surface area contributed by atoms with E-state index in [0.717, 1.165) is 34.0 Å². The van der Waals surface area contributed by atoms with Gasteiger partial charge in [-0.1, -0.05) is 23.8 Å². The molecule has 2 aromatic carbocycles. The fourth-order valence-corrected chi connectivity index (χ4v) is 4.46. The van der Waals surface area contributed by atoms with Crippen LogP contribution in [0.1, 0.15) is 32.0 Å². The lowest BCUT2D eigenvalue weighted by Gasteiger charge is -2.21. The van der Waals surface area contributed by atoms with Crippen molar-refractivity contribution in [2.75, 3.05) is 40.9 Å². The van der Waals surface area contributed by atoms with Crippen molar-refractivity contribution >= 4 is 35.1 Å². The van der Waals surface area contributed by atoms with Gasteiger partial charge in [0.15, 0.2) is 5.69 Å². The van der Waals surface area contributed by atoms with Gasteiger partial charge in [0.2, 0.25) is 0 Å². The molecule has 4 rings (SSSR count). The molecule has 0 unspecified atom stereocenters. The number of carbonyl (C=O) groups excluding carboxylic acids is 4. The minimum atomic E-state index is -0.924. The van der Waals surface area contributed by atoms with Gasteiger partial charge >= 0.3 is 23.9 Å². The number of benzene rings is 2. The highest BCUT2D eigenvalue weighted by Crippen LogP contribution is 2.46. The van der Waals surface area contributed by atoms with Gasteiger partial charge in [0.25, 0.3) is 0 Å². The number of ether oxygens (including phenoxy) is 5. The topological polar surface area (TPSA) is 139 Å². The maximum absolute atomic E-state index is 13.5. The number of hydrogen-bond donors (Lipinski definition) is 1. The molecule has 0 atom stereocenters. The zero-order chi connectivity index (χ0) is 29.1. The SMILES string of the molecule is COC(=O)C1=C(C(=O)OC)c2c(nc(C(=O)OC)c(C(=O)OC)c2-c2ccc(OC)cc2)-c2cc(C)ccc2N1. The molecule has 0 fully saturated rings. The summed E-state index contributed by atoms with van der Waals surface area (Å²) in [5, 5.41) is 2.98. The molecule has 0 spiro atoms. The van der Waals surface area contributed by atoms with Crippen molar-refractivity contribution in [3.8, 4) is 28.1 Å². The maximum atomic E-state index is 13.5. The second-order valence-electron chi connectivity index (χ2n) is 8.55. The number of methoxy groups -OCH3 is 5. The van der Waals surface area contributed by atoms with Crippen molar-refractivity contribution in [1.82, 2.24) is 4.98 Å².